The second-order valence-electron chi connectivity index (χ2n) is 16.8. The fraction of sp³-hybridized carbons (Fsp3) is 0.240. The third kappa shape index (κ3) is 12.3. The predicted molar refractivity (Wildman–Crippen MR) is 251 cm³/mol. The summed E-state index contributed by atoms with van der Waals surface area (Å²) in [6.45, 7) is 3.78. The third-order valence-electron chi connectivity index (χ3n) is 11.4. The molecule has 368 valence electrons. The van der Waals surface area contributed by atoms with Crippen molar-refractivity contribution < 1.29 is 48.8 Å². The number of benzene rings is 4. The van der Waals surface area contributed by atoms with Gasteiger partial charge < -0.3 is 15.1 Å². The van der Waals surface area contributed by atoms with Crippen molar-refractivity contribution in [2.75, 3.05) is 40.3 Å². The highest BCUT2D eigenvalue weighted by molar-refractivity contribution is 7.85. The molecule has 0 saturated carbocycles. The average molecular weight is 1020 g/mol. The van der Waals surface area contributed by atoms with E-state index in [4.69, 9.17) is 0 Å². The Labute approximate surface area is 408 Å². The van der Waals surface area contributed by atoms with Gasteiger partial charge >= 0.3 is 12.4 Å². The van der Waals surface area contributed by atoms with Gasteiger partial charge in [-0.3, -0.25) is 28.3 Å². The van der Waals surface area contributed by atoms with Gasteiger partial charge in [0.25, 0.3) is 22.9 Å². The summed E-state index contributed by atoms with van der Waals surface area (Å²) >= 11 is 0. The Hall–Kier alpha value is -7.46. The Morgan fingerprint density at radius 3 is 1.27 bits per heavy atom. The van der Waals surface area contributed by atoms with Gasteiger partial charge in [0.05, 0.1) is 93.0 Å². The molecule has 2 N–H and O–H groups in total. The number of halogens is 6. The van der Waals surface area contributed by atoms with Crippen molar-refractivity contribution >= 4 is 33.4 Å². The van der Waals surface area contributed by atoms with Crippen LogP contribution < -0.4 is 21.8 Å². The van der Waals surface area contributed by atoms with E-state index in [1.807, 2.05) is 26.2 Å². The lowest BCUT2D eigenvalue weighted by molar-refractivity contribution is -0.890. The van der Waals surface area contributed by atoms with E-state index in [1.54, 1.807) is 0 Å². The maximum Gasteiger partial charge on any atom is 0.416 e. The lowest BCUT2D eigenvalue weighted by atomic mass is 10.1. The number of quaternary nitrogens is 1. The molecular formula is C50H44F6N7O6S2+. The molecule has 0 fully saturated rings. The minimum absolute atomic E-state index is 0.0239. The number of hydrogen-bond donors (Lipinski definition) is 2. The Morgan fingerprint density at radius 1 is 0.592 bits per heavy atom. The summed E-state index contributed by atoms with van der Waals surface area (Å²) in [5.41, 5.74) is -4.76. The van der Waals surface area contributed by atoms with E-state index in [-0.39, 0.29) is 66.6 Å². The Kier molecular flexibility index (Phi) is 16.1. The molecule has 2 heterocycles. The van der Waals surface area contributed by atoms with Gasteiger partial charge in [-0.05, 0) is 111 Å². The van der Waals surface area contributed by atoms with Gasteiger partial charge in [0.15, 0.2) is 0 Å². The number of rotatable bonds is 16. The first-order valence-corrected chi connectivity index (χ1v) is 23.9. The molecule has 13 nitrogen and oxygen atoms in total. The van der Waals surface area contributed by atoms with Crippen LogP contribution in [0.4, 0.5) is 26.3 Å². The number of nitrogens with one attached hydrogen (secondary N) is 2. The molecule has 21 heteroatoms. The largest absolute Gasteiger partial charge is 0.416 e. The Bertz CT molecular complexity index is 3070. The molecule has 2 aromatic heterocycles. The average Bonchev–Trinajstić information content (AvgIpc) is 3.33. The van der Waals surface area contributed by atoms with Crippen molar-refractivity contribution in [3.8, 4) is 23.5 Å². The number of hydrogen-bond acceptors (Lipinski definition) is 8. The summed E-state index contributed by atoms with van der Waals surface area (Å²) in [4.78, 5) is 55.6. The van der Waals surface area contributed by atoms with Crippen LogP contribution in [0, 0.1) is 36.5 Å². The molecule has 6 rings (SSSR count). The van der Waals surface area contributed by atoms with Crippen molar-refractivity contribution in [1.82, 2.24) is 19.8 Å². The number of carbonyl (C=O) groups is 2. The van der Waals surface area contributed by atoms with Crippen LogP contribution >= 0.6 is 0 Å². The van der Waals surface area contributed by atoms with Crippen molar-refractivity contribution in [2.24, 2.45) is 0 Å². The molecule has 6 aromatic rings. The first-order chi connectivity index (χ1) is 33.4. The van der Waals surface area contributed by atoms with Crippen molar-refractivity contribution in [3.05, 3.63) is 175 Å². The van der Waals surface area contributed by atoms with Crippen LogP contribution in [0.5, 0.6) is 0 Å². The highest BCUT2D eigenvalue weighted by Gasteiger charge is 2.33. The minimum atomic E-state index is -4.76. The molecule has 0 aliphatic carbocycles. The molecule has 0 aliphatic rings. The van der Waals surface area contributed by atoms with Crippen LogP contribution in [0.3, 0.4) is 0 Å². The highest BCUT2D eigenvalue weighted by Crippen LogP contribution is 2.33. The van der Waals surface area contributed by atoms with E-state index in [9.17, 15) is 64.5 Å². The van der Waals surface area contributed by atoms with Crippen LogP contribution in [0.25, 0.3) is 11.4 Å². The Balaban J connectivity index is 1.15. The van der Waals surface area contributed by atoms with E-state index < -0.39 is 79.1 Å². The zero-order valence-corrected chi connectivity index (χ0v) is 40.0. The van der Waals surface area contributed by atoms with Crippen molar-refractivity contribution in [2.45, 2.75) is 58.6 Å². The predicted octanol–water partition coefficient (Wildman–Crippen LogP) is 7.74. The number of carbonyl (C=O) groups excluding carboxylic acids is 2. The summed E-state index contributed by atoms with van der Waals surface area (Å²) in [5, 5.41) is 23.8. The van der Waals surface area contributed by atoms with Crippen LogP contribution in [0.1, 0.15) is 67.2 Å². The van der Waals surface area contributed by atoms with Crippen LogP contribution in [-0.2, 0) is 34.0 Å². The van der Waals surface area contributed by atoms with Gasteiger partial charge in [-0.2, -0.15) is 36.9 Å². The zero-order chi connectivity index (χ0) is 52.0. The highest BCUT2D eigenvalue weighted by atomic mass is 32.2. The summed E-state index contributed by atoms with van der Waals surface area (Å²) in [5.74, 6) is -1.73. The topological polar surface area (TPSA) is 184 Å². The lowest BCUT2D eigenvalue weighted by Gasteiger charge is -2.30. The van der Waals surface area contributed by atoms with Crippen molar-refractivity contribution in [1.29, 1.82) is 10.5 Å². The minimum Gasteiger partial charge on any atom is -0.352 e. The van der Waals surface area contributed by atoms with Crippen molar-refractivity contribution in [3.63, 3.8) is 0 Å². The van der Waals surface area contributed by atoms with Crippen LogP contribution in [0.15, 0.2) is 138 Å². The van der Waals surface area contributed by atoms with Gasteiger partial charge in [-0.25, -0.2) is 8.42 Å². The molecule has 2 unspecified atom stereocenters. The second kappa shape index (κ2) is 21.7. The Morgan fingerprint density at radius 2 is 0.944 bits per heavy atom. The van der Waals surface area contributed by atoms with Crippen LogP contribution in [0.2, 0.25) is 0 Å². The van der Waals surface area contributed by atoms with Gasteiger partial charge in [-0.15, -0.1) is 0 Å². The van der Waals surface area contributed by atoms with E-state index in [0.717, 1.165) is 57.7 Å². The van der Waals surface area contributed by atoms with E-state index >= 15 is 0 Å². The number of pyridine rings is 2. The van der Waals surface area contributed by atoms with E-state index in [1.165, 1.54) is 74.5 Å². The molecular weight excluding hydrogens is 973 g/mol. The number of nitriles is 2. The SMILES string of the molecule is Cc1c(S(=O)c2ccc(C#N)cc2)cc(C(=O)NCCC[N+](C)(C)CCCNC(=O)c2cc(S(=O)c3ccc(C#N)cc3)c(C)n(-c3cccc(C(F)(F)F)c3)c2=O)c(=O)n1-c1cccc(C(F)(F)F)c1. The first kappa shape index (κ1) is 52.9. The molecule has 2 amide bonds. The zero-order valence-electron chi connectivity index (χ0n) is 38.4. The summed E-state index contributed by atoms with van der Waals surface area (Å²) in [6.07, 6.45) is -8.79. The number of aromatic nitrogens is 2. The van der Waals surface area contributed by atoms with E-state index in [0.29, 0.717) is 30.4 Å². The molecule has 0 radical (unpaired) electrons. The van der Waals surface area contributed by atoms with Gasteiger partial charge in [-0.1, -0.05) is 12.1 Å². The van der Waals surface area contributed by atoms with Gasteiger partial charge in [0, 0.05) is 58.5 Å². The standard InChI is InChI=1S/C50H43F6N7O6S2/c1-31-43(70(68)39-17-13-33(29-57)14-18-39)27-41(47(66)61(31)37-11-5-9-35(25-37)49(51,52)53)45(64)59-21-7-23-63(3,4)24-8-22-60-46(65)42-28-44(71(69)40-19-15-34(30-58)16-20-40)32(2)62(48(42)67)38-12-6-10-36(26-38)50(54,55)56/h5-6,9-20,25-28H,7-8,21-24H2,1-4H3,(H-,59,60,64,65)/p+1. The molecule has 0 spiro atoms. The first-order valence-electron chi connectivity index (χ1n) is 21.6. The van der Waals surface area contributed by atoms with E-state index in [2.05, 4.69) is 10.6 Å². The number of nitrogens with zero attached hydrogens (tertiary/aromatic N) is 5. The fourth-order valence-electron chi connectivity index (χ4n) is 7.61. The summed E-state index contributed by atoms with van der Waals surface area (Å²) < 4.78 is 112. The monoisotopic (exact) mass is 1020 g/mol. The second-order valence-corrected chi connectivity index (χ2v) is 19.7. The fourth-order valence-corrected chi connectivity index (χ4v) is 10.0. The smallest absolute Gasteiger partial charge is 0.352 e. The molecule has 0 bridgehead atoms. The quantitative estimate of drug-likeness (QED) is 0.0561. The molecule has 71 heavy (non-hydrogen) atoms. The van der Waals surface area contributed by atoms with Gasteiger partial charge in [0.1, 0.15) is 11.1 Å². The molecule has 0 aliphatic heterocycles. The van der Waals surface area contributed by atoms with Gasteiger partial charge in [0.2, 0.25) is 0 Å². The maximum absolute atomic E-state index is 13.9. The van der Waals surface area contributed by atoms with Crippen LogP contribution in [-0.4, -0.2) is 74.1 Å². The summed E-state index contributed by atoms with van der Waals surface area (Å²) in [7, 11) is -0.340. The number of amides is 2. The number of alkyl halides is 6. The summed E-state index contributed by atoms with van der Waals surface area (Å²) in [6, 6.07) is 25.5. The third-order valence-corrected chi connectivity index (χ3v) is 14.4. The maximum atomic E-state index is 13.9. The lowest BCUT2D eigenvalue weighted by Crippen LogP contribution is -2.44. The normalized spacial score (nSPS) is 12.6. The molecule has 4 aromatic carbocycles. The molecule has 2 atom stereocenters. The molecule has 0 saturated heterocycles.